The monoisotopic (exact) mass is 457 g/mol. The molecule has 0 saturated heterocycles. The molecule has 1 N–H and O–H groups in total. The van der Waals surface area contributed by atoms with Gasteiger partial charge < -0.3 is 14.6 Å². The van der Waals surface area contributed by atoms with Gasteiger partial charge in [0.05, 0.1) is 24.2 Å². The molecule has 0 saturated carbocycles. The number of nitrogens with zero attached hydrogens (tertiary/aromatic N) is 2. The minimum atomic E-state index is -0.560. The van der Waals surface area contributed by atoms with Gasteiger partial charge in [0.25, 0.3) is 5.91 Å². The Labute approximate surface area is 197 Å². The van der Waals surface area contributed by atoms with Gasteiger partial charge in [-0.05, 0) is 49.7 Å². The molecule has 1 heterocycles. The zero-order valence-corrected chi connectivity index (χ0v) is 19.3. The van der Waals surface area contributed by atoms with Crippen LogP contribution in [0, 0.1) is 0 Å². The fourth-order valence-corrected chi connectivity index (χ4v) is 4.01. The molecule has 3 aromatic carbocycles. The van der Waals surface area contributed by atoms with E-state index in [0.29, 0.717) is 30.8 Å². The van der Waals surface area contributed by atoms with Crippen LogP contribution in [-0.4, -0.2) is 21.6 Å². The van der Waals surface area contributed by atoms with Crippen LogP contribution in [0.1, 0.15) is 35.3 Å². The van der Waals surface area contributed by atoms with Gasteiger partial charge in [-0.15, -0.1) is 0 Å². The van der Waals surface area contributed by atoms with Crippen molar-refractivity contribution >= 4 is 16.9 Å². The van der Waals surface area contributed by atoms with Crippen LogP contribution in [0.25, 0.3) is 11.0 Å². The molecule has 34 heavy (non-hydrogen) atoms. The number of rotatable bonds is 8. The Hall–Kier alpha value is -4.13. The highest BCUT2D eigenvalue weighted by molar-refractivity contribution is 5.94. The lowest BCUT2D eigenvalue weighted by Gasteiger charge is -2.14. The van der Waals surface area contributed by atoms with Crippen LogP contribution in [0.2, 0.25) is 0 Å². The maximum atomic E-state index is 12.8. The van der Waals surface area contributed by atoms with E-state index in [1.54, 1.807) is 24.3 Å². The third kappa shape index (κ3) is 4.64. The summed E-state index contributed by atoms with van der Waals surface area (Å²) in [5.41, 5.74) is 2.55. The molecular weight excluding hydrogens is 430 g/mol. The standard InChI is InChI=1S/C27H27N3O4/c1-3-29-22-10-6-7-11-23(22)30(27(33)26(29)32)18-19-13-15-20(16-14-19)25(31)28-17-21-9-5-8-12-24(21)34-4-2/h5-16H,3-4,17-18H2,1-2H3,(H,28,31). The Morgan fingerprint density at radius 2 is 1.44 bits per heavy atom. The number of para-hydroxylation sites is 3. The van der Waals surface area contributed by atoms with Gasteiger partial charge in [-0.1, -0.05) is 42.5 Å². The average molecular weight is 458 g/mol. The fourth-order valence-electron chi connectivity index (χ4n) is 4.01. The van der Waals surface area contributed by atoms with Crippen LogP contribution >= 0.6 is 0 Å². The molecule has 7 heteroatoms. The van der Waals surface area contributed by atoms with E-state index in [9.17, 15) is 14.4 Å². The quantitative estimate of drug-likeness (QED) is 0.410. The molecule has 7 nitrogen and oxygen atoms in total. The summed E-state index contributed by atoms with van der Waals surface area (Å²) in [5, 5.41) is 2.92. The Bertz CT molecular complexity index is 1440. The number of benzene rings is 3. The van der Waals surface area contributed by atoms with Crippen molar-refractivity contribution in [3.05, 3.63) is 110 Å². The highest BCUT2D eigenvalue weighted by atomic mass is 16.5. The van der Waals surface area contributed by atoms with Gasteiger partial charge in [0.2, 0.25) is 0 Å². The Morgan fingerprint density at radius 3 is 2.12 bits per heavy atom. The van der Waals surface area contributed by atoms with Gasteiger partial charge in [-0.3, -0.25) is 19.0 Å². The number of aryl methyl sites for hydroxylation is 1. The number of amides is 1. The second-order valence-corrected chi connectivity index (χ2v) is 7.85. The Morgan fingerprint density at radius 1 is 0.824 bits per heavy atom. The normalized spacial score (nSPS) is 10.9. The molecule has 4 aromatic rings. The molecule has 0 aliphatic heterocycles. The number of fused-ring (bicyclic) bond motifs is 1. The van der Waals surface area contributed by atoms with E-state index in [-0.39, 0.29) is 12.5 Å². The van der Waals surface area contributed by atoms with Crippen LogP contribution < -0.4 is 21.2 Å². The summed E-state index contributed by atoms with van der Waals surface area (Å²) in [6, 6.07) is 22.0. The molecular formula is C27H27N3O4. The summed E-state index contributed by atoms with van der Waals surface area (Å²) < 4.78 is 8.59. The maximum absolute atomic E-state index is 12.8. The first kappa shape index (κ1) is 23.0. The first-order valence-electron chi connectivity index (χ1n) is 11.3. The topological polar surface area (TPSA) is 82.3 Å². The highest BCUT2D eigenvalue weighted by Crippen LogP contribution is 2.18. The summed E-state index contributed by atoms with van der Waals surface area (Å²) >= 11 is 0. The van der Waals surface area contributed by atoms with Crippen LogP contribution in [-0.2, 0) is 19.6 Å². The van der Waals surface area contributed by atoms with Crippen molar-refractivity contribution in [2.24, 2.45) is 0 Å². The van der Waals surface area contributed by atoms with Gasteiger partial charge in [0.1, 0.15) is 5.75 Å². The van der Waals surface area contributed by atoms with Crippen molar-refractivity contribution in [2.45, 2.75) is 33.5 Å². The van der Waals surface area contributed by atoms with E-state index in [4.69, 9.17) is 4.74 Å². The van der Waals surface area contributed by atoms with Crippen molar-refractivity contribution in [3.63, 3.8) is 0 Å². The largest absolute Gasteiger partial charge is 0.494 e. The summed E-state index contributed by atoms with van der Waals surface area (Å²) in [4.78, 5) is 38.0. The number of nitrogens with one attached hydrogen (secondary N) is 1. The number of carbonyl (C=O) groups excluding carboxylic acids is 1. The minimum Gasteiger partial charge on any atom is -0.494 e. The van der Waals surface area contributed by atoms with Crippen LogP contribution in [0.5, 0.6) is 5.75 Å². The predicted octanol–water partition coefficient (Wildman–Crippen LogP) is 3.56. The summed E-state index contributed by atoms with van der Waals surface area (Å²) in [6.45, 7) is 5.33. The summed E-state index contributed by atoms with van der Waals surface area (Å²) in [6.07, 6.45) is 0. The second-order valence-electron chi connectivity index (χ2n) is 7.85. The fraction of sp³-hybridized carbons (Fsp3) is 0.222. The van der Waals surface area contributed by atoms with Crippen molar-refractivity contribution in [3.8, 4) is 5.75 Å². The molecule has 0 aliphatic rings. The molecule has 0 bridgehead atoms. The van der Waals surface area contributed by atoms with Crippen LogP contribution in [0.4, 0.5) is 0 Å². The molecule has 0 fully saturated rings. The summed E-state index contributed by atoms with van der Waals surface area (Å²) in [7, 11) is 0. The van der Waals surface area contributed by atoms with Gasteiger partial charge in [-0.2, -0.15) is 0 Å². The Balaban J connectivity index is 1.53. The van der Waals surface area contributed by atoms with Gasteiger partial charge >= 0.3 is 11.1 Å². The van der Waals surface area contributed by atoms with Crippen molar-refractivity contribution < 1.29 is 9.53 Å². The number of hydrogen-bond acceptors (Lipinski definition) is 4. The smallest absolute Gasteiger partial charge is 0.317 e. The lowest BCUT2D eigenvalue weighted by atomic mass is 10.1. The first-order valence-corrected chi connectivity index (χ1v) is 11.3. The first-order chi connectivity index (χ1) is 16.5. The Kier molecular flexibility index (Phi) is 6.92. The van der Waals surface area contributed by atoms with Gasteiger partial charge in [0, 0.05) is 24.2 Å². The number of ether oxygens (including phenoxy) is 1. The summed E-state index contributed by atoms with van der Waals surface area (Å²) in [5.74, 6) is 0.550. The lowest BCUT2D eigenvalue weighted by Crippen LogP contribution is -2.41. The molecule has 0 unspecified atom stereocenters. The van der Waals surface area contributed by atoms with E-state index in [0.717, 1.165) is 22.4 Å². The van der Waals surface area contributed by atoms with Crippen molar-refractivity contribution in [2.75, 3.05) is 6.61 Å². The molecule has 0 spiro atoms. The lowest BCUT2D eigenvalue weighted by molar-refractivity contribution is 0.0950. The molecule has 1 amide bonds. The van der Waals surface area contributed by atoms with Gasteiger partial charge in [0.15, 0.2) is 0 Å². The predicted molar refractivity (Wildman–Crippen MR) is 132 cm³/mol. The van der Waals surface area contributed by atoms with E-state index in [1.165, 1.54) is 9.13 Å². The number of hydrogen-bond donors (Lipinski definition) is 1. The third-order valence-corrected chi connectivity index (χ3v) is 5.72. The molecule has 0 radical (unpaired) electrons. The minimum absolute atomic E-state index is 0.203. The molecule has 1 aromatic heterocycles. The van der Waals surface area contributed by atoms with E-state index < -0.39 is 11.1 Å². The van der Waals surface area contributed by atoms with Crippen molar-refractivity contribution in [1.29, 1.82) is 0 Å². The van der Waals surface area contributed by atoms with Crippen molar-refractivity contribution in [1.82, 2.24) is 14.5 Å². The maximum Gasteiger partial charge on any atom is 0.317 e. The van der Waals surface area contributed by atoms with E-state index in [1.807, 2.05) is 62.4 Å². The van der Waals surface area contributed by atoms with Gasteiger partial charge in [-0.25, -0.2) is 0 Å². The molecule has 0 aliphatic carbocycles. The zero-order chi connectivity index (χ0) is 24.1. The SMILES string of the molecule is CCOc1ccccc1CNC(=O)c1ccc(Cn2c(=O)c(=O)n(CC)c3ccccc32)cc1. The van der Waals surface area contributed by atoms with Crippen LogP contribution in [0.15, 0.2) is 82.4 Å². The average Bonchev–Trinajstić information content (AvgIpc) is 2.87. The molecule has 0 atom stereocenters. The molecule has 4 rings (SSSR count). The third-order valence-electron chi connectivity index (χ3n) is 5.72. The van der Waals surface area contributed by atoms with Crippen LogP contribution in [0.3, 0.4) is 0 Å². The van der Waals surface area contributed by atoms with E-state index in [2.05, 4.69) is 5.32 Å². The number of aromatic nitrogens is 2. The second kappa shape index (κ2) is 10.2. The zero-order valence-electron chi connectivity index (χ0n) is 19.3. The molecule has 174 valence electrons. The van der Waals surface area contributed by atoms with E-state index >= 15 is 0 Å². The highest BCUT2D eigenvalue weighted by Gasteiger charge is 2.13. The number of carbonyl (C=O) groups is 1.